The van der Waals surface area contributed by atoms with Crippen molar-refractivity contribution in [3.05, 3.63) is 24.3 Å². The molecule has 0 unspecified atom stereocenters. The number of esters is 1. The quantitative estimate of drug-likeness (QED) is 0.0567. The van der Waals surface area contributed by atoms with Crippen LogP contribution in [0, 0.1) is 23.7 Å². The van der Waals surface area contributed by atoms with E-state index in [1.807, 2.05) is 24.3 Å². The minimum atomic E-state index is -0.378. The van der Waals surface area contributed by atoms with E-state index in [1.165, 1.54) is 148 Å². The van der Waals surface area contributed by atoms with Gasteiger partial charge in [0.2, 0.25) is 0 Å². The zero-order valence-electron chi connectivity index (χ0n) is 28.6. The first-order chi connectivity index (χ1) is 21.7. The number of hydrogen-bond donors (Lipinski definition) is 0. The second-order valence-corrected chi connectivity index (χ2v) is 14.6. The summed E-state index contributed by atoms with van der Waals surface area (Å²) >= 11 is 0. The number of carbonyl (C=O) groups is 1. The Balaban J connectivity index is 1.02. The lowest BCUT2D eigenvalue weighted by atomic mass is 9.68. The van der Waals surface area contributed by atoms with Crippen molar-refractivity contribution in [1.82, 2.24) is 0 Å². The molecular weight excluding hydrogens is 544 g/mol. The van der Waals surface area contributed by atoms with Gasteiger partial charge in [0.1, 0.15) is 11.5 Å². The molecular formula is C40H66O4. The molecule has 0 spiro atoms. The lowest BCUT2D eigenvalue weighted by molar-refractivity contribution is -0.135. The first kappa shape index (κ1) is 35.3. The molecule has 2 saturated carbocycles. The number of carbonyl (C=O) groups excluding carboxylic acids is 1. The van der Waals surface area contributed by atoms with E-state index in [9.17, 15) is 4.79 Å². The monoisotopic (exact) mass is 610 g/mol. The fraction of sp³-hybridized carbons (Fsp3) is 0.825. The second-order valence-electron chi connectivity index (χ2n) is 14.6. The first-order valence-electron chi connectivity index (χ1n) is 19.3. The molecule has 2 atom stereocenters. The Labute approximate surface area is 270 Å². The molecule has 0 bridgehead atoms. The maximum Gasteiger partial charge on any atom is 0.343 e. The van der Waals surface area contributed by atoms with Gasteiger partial charge in [0.05, 0.1) is 12.7 Å². The van der Waals surface area contributed by atoms with E-state index in [1.54, 1.807) is 0 Å². The Kier molecular flexibility index (Phi) is 16.5. The standard InChI is InChI=1S/C40H66O4/c1-3-5-7-9-10-11-12-13-15-17-31-42-36-27-29-37(30-28-36)43-40(41)39-38(44-39)35-25-23-34(24-26-35)33-21-19-32(20-22-33)18-16-14-8-6-4-2/h27-30,32-35,38-39H,3-26,31H2,1-2H3/t32?,33?,34?,35?,38-,39+/m0/s1. The molecule has 0 N–H and O–H groups in total. The molecule has 44 heavy (non-hydrogen) atoms. The van der Waals surface area contributed by atoms with E-state index in [0.29, 0.717) is 11.7 Å². The highest BCUT2D eigenvalue weighted by atomic mass is 16.6. The molecule has 3 fully saturated rings. The summed E-state index contributed by atoms with van der Waals surface area (Å²) < 4.78 is 17.5. The molecule has 1 heterocycles. The smallest absolute Gasteiger partial charge is 0.343 e. The molecule has 4 rings (SSSR count). The van der Waals surface area contributed by atoms with Gasteiger partial charge in [-0.15, -0.1) is 0 Å². The maximum absolute atomic E-state index is 12.8. The molecule has 0 amide bonds. The summed E-state index contributed by atoms with van der Waals surface area (Å²) in [4.78, 5) is 12.8. The van der Waals surface area contributed by atoms with E-state index in [2.05, 4.69) is 13.8 Å². The predicted molar refractivity (Wildman–Crippen MR) is 182 cm³/mol. The highest BCUT2D eigenvalue weighted by Crippen LogP contribution is 2.46. The molecule has 4 nitrogen and oxygen atoms in total. The molecule has 1 aromatic rings. The zero-order valence-corrected chi connectivity index (χ0v) is 28.6. The third kappa shape index (κ3) is 12.7. The van der Waals surface area contributed by atoms with Crippen molar-refractivity contribution in [2.75, 3.05) is 6.61 Å². The van der Waals surface area contributed by atoms with Crippen LogP contribution in [0.5, 0.6) is 11.5 Å². The summed E-state index contributed by atoms with van der Waals surface area (Å²) in [6.07, 6.45) is 32.4. The van der Waals surface area contributed by atoms with Crippen molar-refractivity contribution in [1.29, 1.82) is 0 Å². The van der Waals surface area contributed by atoms with Gasteiger partial charge < -0.3 is 14.2 Å². The number of benzene rings is 1. The average molecular weight is 611 g/mol. The van der Waals surface area contributed by atoms with Gasteiger partial charge in [-0.25, -0.2) is 4.79 Å². The summed E-state index contributed by atoms with van der Waals surface area (Å²) in [5.41, 5.74) is 0. The summed E-state index contributed by atoms with van der Waals surface area (Å²) in [5, 5.41) is 0. The van der Waals surface area contributed by atoms with Crippen molar-refractivity contribution in [3.63, 3.8) is 0 Å². The molecule has 4 heteroatoms. The normalized spacial score (nSPS) is 26.8. The highest BCUT2D eigenvalue weighted by Gasteiger charge is 2.51. The SMILES string of the molecule is CCCCCCCCCCCCOc1ccc(OC(=O)[C@@H]2O[C@H]2C2CCC(C3CCC(CCCCCCC)CC3)CC2)cc1. The summed E-state index contributed by atoms with van der Waals surface area (Å²) in [5.74, 6) is 4.54. The Morgan fingerprint density at radius 1 is 0.614 bits per heavy atom. The van der Waals surface area contributed by atoms with Crippen LogP contribution < -0.4 is 9.47 Å². The van der Waals surface area contributed by atoms with Gasteiger partial charge in [-0.1, -0.05) is 123 Å². The number of unbranched alkanes of at least 4 members (excludes halogenated alkanes) is 13. The molecule has 3 aliphatic rings. The summed E-state index contributed by atoms with van der Waals surface area (Å²) in [7, 11) is 0. The average Bonchev–Trinajstić information content (AvgIpc) is 3.86. The van der Waals surface area contributed by atoms with Crippen LogP contribution in [-0.4, -0.2) is 24.8 Å². The first-order valence-corrected chi connectivity index (χ1v) is 19.3. The van der Waals surface area contributed by atoms with Crippen LogP contribution in [-0.2, 0) is 9.53 Å². The molecule has 0 aromatic heterocycles. The molecule has 0 radical (unpaired) electrons. The summed E-state index contributed by atoms with van der Waals surface area (Å²) in [6.45, 7) is 5.32. The third-order valence-corrected chi connectivity index (χ3v) is 11.1. The number of rotatable bonds is 22. The van der Waals surface area contributed by atoms with E-state index in [0.717, 1.165) is 36.5 Å². The Morgan fingerprint density at radius 2 is 1.09 bits per heavy atom. The van der Waals surface area contributed by atoms with Crippen LogP contribution in [0.15, 0.2) is 24.3 Å². The lowest BCUT2D eigenvalue weighted by Crippen LogP contribution is -2.28. The summed E-state index contributed by atoms with van der Waals surface area (Å²) in [6, 6.07) is 7.50. The zero-order chi connectivity index (χ0) is 30.8. The molecule has 2 aliphatic carbocycles. The van der Waals surface area contributed by atoms with Crippen molar-refractivity contribution < 1.29 is 19.0 Å². The van der Waals surface area contributed by atoms with Gasteiger partial charge in [-0.05, 0) is 92.9 Å². The van der Waals surface area contributed by atoms with Crippen LogP contribution in [0.1, 0.15) is 168 Å². The number of epoxide rings is 1. The van der Waals surface area contributed by atoms with Crippen molar-refractivity contribution in [2.24, 2.45) is 23.7 Å². The highest BCUT2D eigenvalue weighted by molar-refractivity contribution is 5.80. The minimum absolute atomic E-state index is 0.0653. The molecule has 1 saturated heterocycles. The van der Waals surface area contributed by atoms with E-state index < -0.39 is 0 Å². The molecule has 250 valence electrons. The Hall–Kier alpha value is -1.55. The largest absolute Gasteiger partial charge is 0.494 e. The molecule has 1 aliphatic heterocycles. The van der Waals surface area contributed by atoms with Gasteiger partial charge in [0, 0.05) is 0 Å². The van der Waals surface area contributed by atoms with Crippen LogP contribution in [0.25, 0.3) is 0 Å². The van der Waals surface area contributed by atoms with E-state index in [-0.39, 0.29) is 18.2 Å². The lowest BCUT2D eigenvalue weighted by Gasteiger charge is -2.37. The Morgan fingerprint density at radius 3 is 1.68 bits per heavy atom. The predicted octanol–water partition coefficient (Wildman–Crippen LogP) is 11.6. The van der Waals surface area contributed by atoms with E-state index >= 15 is 0 Å². The van der Waals surface area contributed by atoms with Crippen LogP contribution in [0.3, 0.4) is 0 Å². The van der Waals surface area contributed by atoms with Gasteiger partial charge in [0.15, 0.2) is 6.10 Å². The van der Waals surface area contributed by atoms with Crippen molar-refractivity contribution in [3.8, 4) is 11.5 Å². The number of ether oxygens (including phenoxy) is 3. The minimum Gasteiger partial charge on any atom is -0.494 e. The molecule has 1 aromatic carbocycles. The van der Waals surface area contributed by atoms with Crippen LogP contribution in [0.2, 0.25) is 0 Å². The van der Waals surface area contributed by atoms with Crippen LogP contribution in [0.4, 0.5) is 0 Å². The van der Waals surface area contributed by atoms with Crippen molar-refractivity contribution in [2.45, 2.75) is 180 Å². The van der Waals surface area contributed by atoms with Gasteiger partial charge >= 0.3 is 5.97 Å². The van der Waals surface area contributed by atoms with Crippen molar-refractivity contribution >= 4 is 5.97 Å². The topological polar surface area (TPSA) is 48.1 Å². The van der Waals surface area contributed by atoms with Gasteiger partial charge in [0.25, 0.3) is 0 Å². The van der Waals surface area contributed by atoms with E-state index in [4.69, 9.17) is 14.2 Å². The fourth-order valence-corrected chi connectivity index (χ4v) is 8.16. The van der Waals surface area contributed by atoms with Gasteiger partial charge in [-0.3, -0.25) is 0 Å². The second kappa shape index (κ2) is 20.5. The van der Waals surface area contributed by atoms with Gasteiger partial charge in [-0.2, -0.15) is 0 Å². The third-order valence-electron chi connectivity index (χ3n) is 11.1. The van der Waals surface area contributed by atoms with Crippen LogP contribution >= 0.6 is 0 Å². The Bertz CT molecular complexity index is 881. The number of hydrogen-bond acceptors (Lipinski definition) is 4. The fourth-order valence-electron chi connectivity index (χ4n) is 8.16. The maximum atomic E-state index is 12.8.